The quantitative estimate of drug-likeness (QED) is 0.141. The van der Waals surface area contributed by atoms with E-state index in [4.69, 9.17) is 9.97 Å². The van der Waals surface area contributed by atoms with Gasteiger partial charge in [-0.3, -0.25) is 4.57 Å². The van der Waals surface area contributed by atoms with Gasteiger partial charge in [0.1, 0.15) is 5.82 Å². The number of aromatic amines is 1. The highest BCUT2D eigenvalue weighted by molar-refractivity contribution is 6.78. The molecule has 4 heterocycles. The van der Waals surface area contributed by atoms with Gasteiger partial charge in [-0.05, 0) is 87.6 Å². The molecule has 0 saturated heterocycles. The maximum atomic E-state index is 5.08. The Hall–Kier alpha value is -6.34. The summed E-state index contributed by atoms with van der Waals surface area (Å²) in [6, 6.07) is 46.4. The number of nitrogens with zero attached hydrogens (tertiary/aromatic N) is 5. The minimum absolute atomic E-state index is 0.120. The van der Waals surface area contributed by atoms with E-state index < -0.39 is 0 Å². The molecule has 6 nitrogen and oxygen atoms in total. The average Bonchev–Trinajstić information content (AvgIpc) is 4.06. The molecular weight excluding hydrogens is 731 g/mol. The predicted molar refractivity (Wildman–Crippen MR) is 252 cm³/mol. The summed E-state index contributed by atoms with van der Waals surface area (Å²) in [5.41, 5.74) is 15.2. The average molecular weight is 787 g/mol. The maximum Gasteiger partial charge on any atom is 0.417 e. The number of hydrogen-bond donors (Lipinski definition) is 1. The van der Waals surface area contributed by atoms with Crippen LogP contribution in [0.2, 0.25) is 0 Å². The number of hydrogen-bond acceptors (Lipinski definition) is 3. The van der Waals surface area contributed by atoms with Gasteiger partial charge in [0.05, 0.1) is 11.4 Å². The summed E-state index contributed by atoms with van der Waals surface area (Å²) in [6.45, 7) is 18.4. The first-order valence-electron chi connectivity index (χ1n) is 21.4. The molecule has 9 rings (SSSR count). The van der Waals surface area contributed by atoms with Gasteiger partial charge in [-0.2, -0.15) is 0 Å². The van der Waals surface area contributed by atoms with Crippen molar-refractivity contribution in [3.8, 4) is 50.8 Å². The van der Waals surface area contributed by atoms with Crippen molar-refractivity contribution in [1.29, 1.82) is 0 Å². The van der Waals surface area contributed by atoms with Crippen molar-refractivity contribution < 1.29 is 0 Å². The van der Waals surface area contributed by atoms with E-state index >= 15 is 0 Å². The highest BCUT2D eigenvalue weighted by Gasteiger charge is 2.43. The van der Waals surface area contributed by atoms with Gasteiger partial charge in [-0.25, -0.2) is 9.97 Å². The first-order chi connectivity index (χ1) is 28.9. The van der Waals surface area contributed by atoms with Crippen LogP contribution in [0.3, 0.4) is 0 Å². The van der Waals surface area contributed by atoms with Gasteiger partial charge >= 0.3 is 6.98 Å². The lowest BCUT2D eigenvalue weighted by molar-refractivity contribution is 0.297. The van der Waals surface area contributed by atoms with Crippen LogP contribution in [0.25, 0.3) is 50.8 Å². The van der Waals surface area contributed by atoms with Gasteiger partial charge in [0.25, 0.3) is 0 Å². The third-order valence-electron chi connectivity index (χ3n) is 13.6. The number of anilines is 1. The van der Waals surface area contributed by atoms with Crippen LogP contribution in [0.1, 0.15) is 89.6 Å². The van der Waals surface area contributed by atoms with Crippen LogP contribution < -0.4 is 10.3 Å². The summed E-state index contributed by atoms with van der Waals surface area (Å²) in [6.07, 6.45) is 8.13. The second kappa shape index (κ2) is 15.0. The fourth-order valence-electron chi connectivity index (χ4n) is 9.42. The lowest BCUT2D eigenvalue weighted by atomic mass is 9.58. The van der Waals surface area contributed by atoms with Crippen molar-refractivity contribution >= 4 is 18.1 Å². The fraction of sp³-hybridized carbons (Fsp3) is 0.245. The second-order valence-electron chi connectivity index (χ2n) is 18.1. The number of aromatic nitrogens is 5. The zero-order valence-electron chi connectivity index (χ0n) is 36.4. The molecule has 0 aliphatic carbocycles. The predicted octanol–water partition coefficient (Wildman–Crippen LogP) is 12.3. The van der Waals surface area contributed by atoms with E-state index in [2.05, 4.69) is 221 Å². The van der Waals surface area contributed by atoms with Gasteiger partial charge in [0, 0.05) is 52.6 Å². The lowest BCUT2D eigenvalue weighted by Crippen LogP contribution is -2.55. The molecule has 0 saturated carbocycles. The van der Waals surface area contributed by atoms with Crippen LogP contribution in [0, 0.1) is 0 Å². The number of rotatable bonds is 10. The topological polar surface area (TPSA) is 54.7 Å². The monoisotopic (exact) mass is 786 g/mol. The van der Waals surface area contributed by atoms with E-state index in [-0.39, 0.29) is 17.8 Å². The number of fused-ring (bicyclic) bond motifs is 3. The molecule has 8 aromatic rings. The number of H-pyrrole nitrogens is 1. The first kappa shape index (κ1) is 39.1. The summed E-state index contributed by atoms with van der Waals surface area (Å²) in [7, 11) is 2.23. The Balaban J connectivity index is 1.10. The third kappa shape index (κ3) is 6.34. The zero-order chi connectivity index (χ0) is 41.9. The minimum Gasteiger partial charge on any atom is -0.394 e. The van der Waals surface area contributed by atoms with E-state index in [0.717, 1.165) is 28.6 Å². The normalized spacial score (nSPS) is 13.0. The first-order valence-corrected chi connectivity index (χ1v) is 21.4. The smallest absolute Gasteiger partial charge is 0.394 e. The molecule has 5 aromatic carbocycles. The van der Waals surface area contributed by atoms with Crippen LogP contribution in [0.15, 0.2) is 152 Å². The Bertz CT molecular complexity index is 2720. The summed E-state index contributed by atoms with van der Waals surface area (Å²) >= 11 is 0. The SMILES string of the molecule is CC(C)c1cccc(C(C)C)c1-n1ccnc1-c1ccc(C(C)(C)C(C)(C)c2ccc3c(c2)-c2nccn2B(c2c(-c4ccccc4)cccc2-c2ccccc2)N3C)[nH]1. The zero-order valence-corrected chi connectivity index (χ0v) is 36.4. The van der Waals surface area contributed by atoms with E-state index in [1.54, 1.807) is 0 Å². The van der Waals surface area contributed by atoms with Crippen molar-refractivity contribution in [3.05, 3.63) is 175 Å². The molecule has 0 amide bonds. The number of nitrogens with one attached hydrogen (secondary N) is 1. The van der Waals surface area contributed by atoms with Crippen LogP contribution in [0.4, 0.5) is 5.69 Å². The third-order valence-corrected chi connectivity index (χ3v) is 13.6. The molecule has 0 unspecified atom stereocenters. The standard InChI is InChI=1S/C53H55BN6/c1-35(2)40-22-16-23-41(36(3)4)49(40)59-32-30-56-51(59)45-27-29-47(57-45)53(7,8)52(5,6)39-26-28-46-44(34-39)50-55-31-33-60(50)54(58(46)9)48-42(37-18-12-10-13-19-37)24-17-25-43(48)38-20-14-11-15-21-38/h10-36,57H,1-9H3. The number of para-hydroxylation sites is 1. The number of imidazole rings is 2. The molecule has 1 aliphatic rings. The van der Waals surface area contributed by atoms with Crippen molar-refractivity contribution in [2.75, 3.05) is 11.9 Å². The summed E-state index contributed by atoms with van der Waals surface area (Å²) in [5, 5.41) is 0. The second-order valence-corrected chi connectivity index (χ2v) is 18.1. The Morgan fingerprint density at radius 1 is 0.583 bits per heavy atom. The molecule has 0 spiro atoms. The fourth-order valence-corrected chi connectivity index (χ4v) is 9.42. The van der Waals surface area contributed by atoms with Crippen LogP contribution >= 0.6 is 0 Å². The summed E-state index contributed by atoms with van der Waals surface area (Å²) in [5.74, 6) is 2.66. The van der Waals surface area contributed by atoms with Crippen molar-refractivity contribution in [2.24, 2.45) is 0 Å². The van der Waals surface area contributed by atoms with Gasteiger partial charge in [-0.1, -0.05) is 159 Å². The Morgan fingerprint density at radius 2 is 1.17 bits per heavy atom. The van der Waals surface area contributed by atoms with E-state index in [9.17, 15) is 0 Å². The molecule has 0 atom stereocenters. The molecule has 1 N–H and O–H groups in total. The van der Waals surface area contributed by atoms with Crippen LogP contribution in [-0.2, 0) is 10.8 Å². The van der Waals surface area contributed by atoms with Crippen LogP contribution in [0.5, 0.6) is 0 Å². The summed E-state index contributed by atoms with van der Waals surface area (Å²) < 4.78 is 4.65. The summed E-state index contributed by atoms with van der Waals surface area (Å²) in [4.78, 5) is 16.3. The van der Waals surface area contributed by atoms with Gasteiger partial charge in [-0.15, -0.1) is 0 Å². The molecule has 300 valence electrons. The molecule has 1 aliphatic heterocycles. The Kier molecular flexibility index (Phi) is 9.81. The highest BCUT2D eigenvalue weighted by atomic mass is 15.2. The lowest BCUT2D eigenvalue weighted by Gasteiger charge is -2.43. The molecule has 0 radical (unpaired) electrons. The van der Waals surface area contributed by atoms with Crippen LogP contribution in [-0.4, -0.2) is 38.0 Å². The van der Waals surface area contributed by atoms with E-state index in [1.807, 2.05) is 12.4 Å². The molecule has 60 heavy (non-hydrogen) atoms. The molecule has 0 fully saturated rings. The molecule has 7 heteroatoms. The van der Waals surface area contributed by atoms with Crippen molar-refractivity contribution in [3.63, 3.8) is 0 Å². The van der Waals surface area contributed by atoms with E-state index in [0.29, 0.717) is 11.8 Å². The molecule has 0 bridgehead atoms. The molecule has 3 aromatic heterocycles. The Morgan fingerprint density at radius 3 is 1.78 bits per heavy atom. The number of benzene rings is 5. The van der Waals surface area contributed by atoms with Crippen molar-refractivity contribution in [2.45, 2.75) is 78.1 Å². The van der Waals surface area contributed by atoms with Gasteiger partial charge in [0.15, 0.2) is 5.82 Å². The van der Waals surface area contributed by atoms with Gasteiger partial charge in [0.2, 0.25) is 0 Å². The van der Waals surface area contributed by atoms with Crippen molar-refractivity contribution in [1.82, 2.24) is 24.0 Å². The Labute approximate surface area is 356 Å². The maximum absolute atomic E-state index is 5.08. The van der Waals surface area contributed by atoms with E-state index in [1.165, 1.54) is 55.8 Å². The highest BCUT2D eigenvalue weighted by Crippen LogP contribution is 2.47. The van der Waals surface area contributed by atoms with Gasteiger partial charge < -0.3 is 14.3 Å². The minimum atomic E-state index is -0.284. The largest absolute Gasteiger partial charge is 0.417 e. The molecular formula is C53H55BN6.